The molecule has 0 saturated carbocycles. The number of carbonyl (C=O) groups excluding carboxylic acids is 1. The van der Waals surface area contributed by atoms with Crippen molar-refractivity contribution < 1.29 is 4.79 Å². The Morgan fingerprint density at radius 3 is 2.00 bits per heavy atom. The first-order chi connectivity index (χ1) is 13.0. The third-order valence-corrected chi connectivity index (χ3v) is 4.73. The molecule has 0 aliphatic heterocycles. The van der Waals surface area contributed by atoms with Gasteiger partial charge in [0.15, 0.2) is 0 Å². The second-order valence-corrected chi connectivity index (χ2v) is 7.01. The van der Waals surface area contributed by atoms with Gasteiger partial charge in [-0.1, -0.05) is 72.8 Å². The van der Waals surface area contributed by atoms with E-state index < -0.39 is 0 Å². The average molecular weight is 358 g/mol. The van der Waals surface area contributed by atoms with Crippen molar-refractivity contribution in [2.45, 2.75) is 19.9 Å². The monoisotopic (exact) mass is 358 g/mol. The van der Waals surface area contributed by atoms with Crippen LogP contribution in [0.3, 0.4) is 0 Å². The highest BCUT2D eigenvalue weighted by Crippen LogP contribution is 2.27. The lowest BCUT2D eigenvalue weighted by Gasteiger charge is -2.28. The fourth-order valence-corrected chi connectivity index (χ4v) is 3.35. The van der Waals surface area contributed by atoms with Crippen molar-refractivity contribution in [2.24, 2.45) is 0 Å². The molecular weight excluding hydrogens is 332 g/mol. The summed E-state index contributed by atoms with van der Waals surface area (Å²) in [4.78, 5) is 14.8. The molecule has 3 heteroatoms. The highest BCUT2D eigenvalue weighted by atomic mass is 16.2. The van der Waals surface area contributed by atoms with Crippen molar-refractivity contribution in [3.8, 4) is 0 Å². The van der Waals surface area contributed by atoms with Crippen LogP contribution in [0.4, 0.5) is 5.69 Å². The van der Waals surface area contributed by atoms with Gasteiger partial charge in [0.25, 0.3) is 0 Å². The lowest BCUT2D eigenvalue weighted by atomic mass is 9.97. The van der Waals surface area contributed by atoms with Crippen molar-refractivity contribution in [3.05, 3.63) is 101 Å². The highest BCUT2D eigenvalue weighted by molar-refractivity contribution is 5.93. The van der Waals surface area contributed by atoms with Crippen molar-refractivity contribution in [1.29, 1.82) is 0 Å². The first kappa shape index (κ1) is 18.9. The van der Waals surface area contributed by atoms with E-state index in [9.17, 15) is 4.79 Å². The molecule has 0 unspecified atom stereocenters. The fourth-order valence-electron chi connectivity index (χ4n) is 3.35. The Bertz CT molecular complexity index is 851. The molecule has 0 aliphatic carbocycles. The summed E-state index contributed by atoms with van der Waals surface area (Å²) in [6, 6.07) is 26.7. The normalized spacial score (nSPS) is 11.0. The number of nitrogens with one attached hydrogen (secondary N) is 1. The average Bonchev–Trinajstić information content (AvgIpc) is 2.66. The Morgan fingerprint density at radius 2 is 1.44 bits per heavy atom. The second-order valence-electron chi connectivity index (χ2n) is 7.01. The molecule has 0 aliphatic rings. The molecule has 0 heterocycles. The van der Waals surface area contributed by atoms with E-state index in [2.05, 4.69) is 40.5 Å². The first-order valence-corrected chi connectivity index (χ1v) is 9.22. The van der Waals surface area contributed by atoms with Gasteiger partial charge >= 0.3 is 0 Å². The number of benzene rings is 3. The van der Waals surface area contributed by atoms with Crippen LogP contribution in [0.15, 0.2) is 78.9 Å². The van der Waals surface area contributed by atoms with Gasteiger partial charge in [0.2, 0.25) is 5.91 Å². The Labute approximate surface area is 161 Å². The highest BCUT2D eigenvalue weighted by Gasteiger charge is 2.21. The SMILES string of the molecule is Cc1ccc(C)c(NC(=O)CN(C)C(c2ccccc2)c2ccccc2)c1. The first-order valence-electron chi connectivity index (χ1n) is 9.22. The third-order valence-electron chi connectivity index (χ3n) is 4.73. The van der Waals surface area contributed by atoms with E-state index in [4.69, 9.17) is 0 Å². The molecule has 0 atom stereocenters. The predicted octanol–water partition coefficient (Wildman–Crippen LogP) is 4.96. The van der Waals surface area contributed by atoms with Crippen LogP contribution in [-0.4, -0.2) is 24.4 Å². The molecule has 0 aromatic heterocycles. The zero-order chi connectivity index (χ0) is 19.2. The molecule has 0 radical (unpaired) electrons. The quantitative estimate of drug-likeness (QED) is 0.675. The minimum atomic E-state index is -0.0111. The number of aryl methyl sites for hydroxylation is 2. The van der Waals surface area contributed by atoms with Crippen LogP contribution in [-0.2, 0) is 4.79 Å². The molecule has 3 rings (SSSR count). The number of hydrogen-bond donors (Lipinski definition) is 1. The summed E-state index contributed by atoms with van der Waals surface area (Å²) in [5.74, 6) is -0.0111. The van der Waals surface area contributed by atoms with Gasteiger partial charge in [-0.05, 0) is 49.2 Å². The zero-order valence-corrected chi connectivity index (χ0v) is 16.1. The molecular formula is C24H26N2O. The van der Waals surface area contributed by atoms with Crippen LogP contribution in [0.2, 0.25) is 0 Å². The van der Waals surface area contributed by atoms with Gasteiger partial charge in [-0.2, -0.15) is 0 Å². The van der Waals surface area contributed by atoms with Gasteiger partial charge in [0.05, 0.1) is 12.6 Å². The molecule has 3 nitrogen and oxygen atoms in total. The molecule has 3 aromatic carbocycles. The van der Waals surface area contributed by atoms with E-state index in [1.165, 1.54) is 11.1 Å². The van der Waals surface area contributed by atoms with Crippen LogP contribution < -0.4 is 5.32 Å². The molecule has 0 saturated heterocycles. The van der Waals surface area contributed by atoms with E-state index >= 15 is 0 Å². The van der Waals surface area contributed by atoms with Gasteiger partial charge in [0, 0.05) is 5.69 Å². The van der Waals surface area contributed by atoms with Crippen LogP contribution >= 0.6 is 0 Å². The maximum atomic E-state index is 12.7. The molecule has 1 N–H and O–H groups in total. The Morgan fingerprint density at radius 1 is 0.889 bits per heavy atom. The minimum Gasteiger partial charge on any atom is -0.325 e. The number of likely N-dealkylation sites (N-methyl/N-ethyl adjacent to an activating group) is 1. The van der Waals surface area contributed by atoms with Crippen LogP contribution in [0.25, 0.3) is 0 Å². The summed E-state index contributed by atoms with van der Waals surface area (Å²) in [6.07, 6.45) is 0. The summed E-state index contributed by atoms with van der Waals surface area (Å²) < 4.78 is 0. The van der Waals surface area contributed by atoms with E-state index in [-0.39, 0.29) is 11.9 Å². The summed E-state index contributed by atoms with van der Waals surface area (Å²) in [5, 5.41) is 3.06. The standard InChI is InChI=1S/C24H26N2O/c1-18-14-15-19(2)22(16-18)25-23(27)17-26(3)24(20-10-6-4-7-11-20)21-12-8-5-9-13-21/h4-16,24H,17H2,1-3H3,(H,25,27). The number of carbonyl (C=O) groups is 1. The lowest BCUT2D eigenvalue weighted by Crippen LogP contribution is -2.34. The van der Waals surface area contributed by atoms with Gasteiger partial charge in [0.1, 0.15) is 0 Å². The largest absolute Gasteiger partial charge is 0.325 e. The van der Waals surface area contributed by atoms with Crippen LogP contribution in [0.5, 0.6) is 0 Å². The third kappa shape index (κ3) is 4.83. The predicted molar refractivity (Wildman–Crippen MR) is 112 cm³/mol. The van der Waals surface area contributed by atoms with Crippen LogP contribution in [0, 0.1) is 13.8 Å². The van der Waals surface area contributed by atoms with Gasteiger partial charge in [-0.3, -0.25) is 9.69 Å². The van der Waals surface area contributed by atoms with E-state index in [0.29, 0.717) is 6.54 Å². The van der Waals surface area contributed by atoms with Crippen molar-refractivity contribution in [2.75, 3.05) is 18.9 Å². The topological polar surface area (TPSA) is 32.3 Å². The van der Waals surface area contributed by atoms with Crippen molar-refractivity contribution >= 4 is 11.6 Å². The molecule has 138 valence electrons. The summed E-state index contributed by atoms with van der Waals surface area (Å²) in [6.45, 7) is 4.35. The number of rotatable bonds is 6. The second kappa shape index (κ2) is 8.65. The minimum absolute atomic E-state index is 0.0111. The fraction of sp³-hybridized carbons (Fsp3) is 0.208. The van der Waals surface area contributed by atoms with Gasteiger partial charge in [-0.15, -0.1) is 0 Å². The zero-order valence-electron chi connectivity index (χ0n) is 16.1. The van der Waals surface area contributed by atoms with Gasteiger partial charge in [-0.25, -0.2) is 0 Å². The molecule has 0 fully saturated rings. The van der Waals surface area contributed by atoms with E-state index in [1.54, 1.807) is 0 Å². The molecule has 3 aromatic rings. The number of nitrogens with zero attached hydrogens (tertiary/aromatic N) is 1. The lowest BCUT2D eigenvalue weighted by molar-refractivity contribution is -0.117. The summed E-state index contributed by atoms with van der Waals surface area (Å²) >= 11 is 0. The maximum Gasteiger partial charge on any atom is 0.238 e. The van der Waals surface area contributed by atoms with Crippen molar-refractivity contribution in [1.82, 2.24) is 4.90 Å². The Hall–Kier alpha value is -2.91. The number of hydrogen-bond acceptors (Lipinski definition) is 2. The molecule has 0 spiro atoms. The maximum absolute atomic E-state index is 12.7. The molecule has 0 bridgehead atoms. The summed E-state index contributed by atoms with van der Waals surface area (Å²) in [5.41, 5.74) is 5.43. The molecule has 27 heavy (non-hydrogen) atoms. The summed E-state index contributed by atoms with van der Waals surface area (Å²) in [7, 11) is 1.99. The Kier molecular flexibility index (Phi) is 6.05. The van der Waals surface area contributed by atoms with E-state index in [1.807, 2.05) is 69.4 Å². The number of amides is 1. The number of anilines is 1. The Balaban J connectivity index is 1.79. The van der Waals surface area contributed by atoms with Crippen molar-refractivity contribution in [3.63, 3.8) is 0 Å². The van der Waals surface area contributed by atoms with Crippen LogP contribution in [0.1, 0.15) is 28.3 Å². The van der Waals surface area contributed by atoms with Gasteiger partial charge < -0.3 is 5.32 Å². The van der Waals surface area contributed by atoms with E-state index in [0.717, 1.165) is 16.8 Å². The molecule has 1 amide bonds. The smallest absolute Gasteiger partial charge is 0.238 e.